The summed E-state index contributed by atoms with van der Waals surface area (Å²) in [6, 6.07) is 13.3. The van der Waals surface area contributed by atoms with Gasteiger partial charge in [0, 0.05) is 17.8 Å². The van der Waals surface area contributed by atoms with E-state index in [0.717, 1.165) is 40.1 Å². The lowest BCUT2D eigenvalue weighted by atomic mass is 9.92. The predicted octanol–water partition coefficient (Wildman–Crippen LogP) is 5.91. The van der Waals surface area contributed by atoms with Crippen molar-refractivity contribution in [3.05, 3.63) is 70.7 Å². The molecular weight excluding hydrogens is 428 g/mol. The van der Waals surface area contributed by atoms with Crippen LogP contribution in [0.25, 0.3) is 17.0 Å². The van der Waals surface area contributed by atoms with E-state index in [0.29, 0.717) is 24.2 Å². The van der Waals surface area contributed by atoms with Crippen molar-refractivity contribution in [1.29, 1.82) is 0 Å². The van der Waals surface area contributed by atoms with Crippen LogP contribution in [0.3, 0.4) is 0 Å². The standard InChI is InChI=1S/C27H32N4O3/c1-16(2)13-14-31-19(5)23(24(28-27(31)32)21-8-7-17(3)18(4)15-21)26-29-25(30-34-26)20-9-11-22(33-6)12-10-20/h7-12,15-16,24H,13-14H2,1-6H3,(H,28,32). The number of benzene rings is 2. The van der Waals surface area contributed by atoms with Crippen molar-refractivity contribution in [2.24, 2.45) is 5.92 Å². The smallest absolute Gasteiger partial charge is 0.322 e. The summed E-state index contributed by atoms with van der Waals surface area (Å²) in [6.07, 6.45) is 0.896. The highest BCUT2D eigenvalue weighted by molar-refractivity contribution is 5.87. The van der Waals surface area contributed by atoms with Crippen LogP contribution in [0.4, 0.5) is 4.79 Å². The molecule has 0 fully saturated rings. The first-order valence-corrected chi connectivity index (χ1v) is 11.6. The Kier molecular flexibility index (Phi) is 6.72. The first-order valence-electron chi connectivity index (χ1n) is 11.6. The summed E-state index contributed by atoms with van der Waals surface area (Å²) in [7, 11) is 1.63. The number of hydrogen-bond donors (Lipinski definition) is 1. The highest BCUT2D eigenvalue weighted by Gasteiger charge is 2.35. The molecule has 3 aromatic rings. The zero-order valence-corrected chi connectivity index (χ0v) is 20.7. The van der Waals surface area contributed by atoms with Crippen LogP contribution in [0.2, 0.25) is 0 Å². The molecule has 1 unspecified atom stereocenters. The Morgan fingerprint density at radius 1 is 1.09 bits per heavy atom. The second-order valence-corrected chi connectivity index (χ2v) is 9.21. The Bertz CT molecular complexity index is 1210. The fourth-order valence-corrected chi connectivity index (χ4v) is 4.10. The van der Waals surface area contributed by atoms with Gasteiger partial charge >= 0.3 is 6.03 Å². The predicted molar refractivity (Wildman–Crippen MR) is 132 cm³/mol. The second-order valence-electron chi connectivity index (χ2n) is 9.21. The van der Waals surface area contributed by atoms with Crippen LogP contribution < -0.4 is 10.1 Å². The van der Waals surface area contributed by atoms with Gasteiger partial charge in [0.05, 0.1) is 18.7 Å². The summed E-state index contributed by atoms with van der Waals surface area (Å²) in [4.78, 5) is 19.6. The van der Waals surface area contributed by atoms with Crippen molar-refractivity contribution >= 4 is 11.6 Å². The van der Waals surface area contributed by atoms with E-state index in [9.17, 15) is 4.79 Å². The monoisotopic (exact) mass is 460 g/mol. The van der Waals surface area contributed by atoms with Crippen LogP contribution in [0.15, 0.2) is 52.7 Å². The molecular formula is C27H32N4O3. The Morgan fingerprint density at radius 2 is 1.82 bits per heavy atom. The van der Waals surface area contributed by atoms with Crippen molar-refractivity contribution in [3.8, 4) is 17.1 Å². The van der Waals surface area contributed by atoms with E-state index < -0.39 is 0 Å². The van der Waals surface area contributed by atoms with Gasteiger partial charge in [-0.15, -0.1) is 0 Å². The van der Waals surface area contributed by atoms with Crippen LogP contribution in [0.5, 0.6) is 5.75 Å². The highest BCUT2D eigenvalue weighted by atomic mass is 16.5. The van der Waals surface area contributed by atoms with Crippen molar-refractivity contribution in [3.63, 3.8) is 0 Å². The van der Waals surface area contributed by atoms with Crippen LogP contribution in [0, 0.1) is 19.8 Å². The van der Waals surface area contributed by atoms with E-state index in [-0.39, 0.29) is 12.1 Å². The van der Waals surface area contributed by atoms with Crippen molar-refractivity contribution in [2.75, 3.05) is 13.7 Å². The van der Waals surface area contributed by atoms with Gasteiger partial charge in [0.15, 0.2) is 0 Å². The summed E-state index contributed by atoms with van der Waals surface area (Å²) < 4.78 is 11.0. The number of carbonyl (C=O) groups is 1. The van der Waals surface area contributed by atoms with Crippen LogP contribution in [0.1, 0.15) is 55.8 Å². The average molecular weight is 461 g/mol. The third kappa shape index (κ3) is 4.69. The lowest BCUT2D eigenvalue weighted by Crippen LogP contribution is -2.46. The van der Waals surface area contributed by atoms with E-state index in [1.165, 1.54) is 5.56 Å². The number of rotatable bonds is 7. The maximum absolute atomic E-state index is 13.1. The number of urea groups is 1. The summed E-state index contributed by atoms with van der Waals surface area (Å²) in [5, 5.41) is 7.42. The van der Waals surface area contributed by atoms with E-state index >= 15 is 0 Å². The molecule has 0 saturated heterocycles. The molecule has 0 saturated carbocycles. The zero-order chi connectivity index (χ0) is 24.4. The summed E-state index contributed by atoms with van der Waals surface area (Å²) in [6.45, 7) is 11.0. The number of allylic oxidation sites excluding steroid dienone is 1. The van der Waals surface area contributed by atoms with Crippen molar-refractivity contribution in [2.45, 2.75) is 47.1 Å². The molecule has 2 aromatic carbocycles. The van der Waals surface area contributed by atoms with Gasteiger partial charge in [-0.1, -0.05) is 37.2 Å². The van der Waals surface area contributed by atoms with Gasteiger partial charge in [0.25, 0.3) is 5.89 Å². The molecule has 34 heavy (non-hydrogen) atoms. The normalized spacial score (nSPS) is 16.3. The largest absolute Gasteiger partial charge is 0.497 e. The third-order valence-corrected chi connectivity index (χ3v) is 6.40. The molecule has 2 heterocycles. The molecule has 1 N–H and O–H groups in total. The van der Waals surface area contributed by atoms with Gasteiger partial charge < -0.3 is 14.6 Å². The summed E-state index contributed by atoms with van der Waals surface area (Å²) in [5.74, 6) is 2.13. The molecule has 7 nitrogen and oxygen atoms in total. The van der Waals surface area contributed by atoms with Crippen molar-refractivity contribution in [1.82, 2.24) is 20.4 Å². The molecule has 0 radical (unpaired) electrons. The summed E-state index contributed by atoms with van der Waals surface area (Å²) >= 11 is 0. The minimum Gasteiger partial charge on any atom is -0.497 e. The van der Waals surface area contributed by atoms with Crippen molar-refractivity contribution < 1.29 is 14.1 Å². The van der Waals surface area contributed by atoms with E-state index in [4.69, 9.17) is 14.2 Å². The van der Waals surface area contributed by atoms with Gasteiger partial charge in [0.1, 0.15) is 5.75 Å². The minimum atomic E-state index is -0.383. The lowest BCUT2D eigenvalue weighted by molar-refractivity contribution is 0.202. The maximum Gasteiger partial charge on any atom is 0.322 e. The number of aromatic nitrogens is 2. The number of hydrogen-bond acceptors (Lipinski definition) is 5. The van der Waals surface area contributed by atoms with Gasteiger partial charge in [-0.25, -0.2) is 4.79 Å². The number of ether oxygens (including phenoxy) is 1. The minimum absolute atomic E-state index is 0.111. The molecule has 0 spiro atoms. The zero-order valence-electron chi connectivity index (χ0n) is 20.7. The second kappa shape index (κ2) is 9.71. The number of nitrogens with one attached hydrogen (secondary N) is 1. The maximum atomic E-state index is 13.1. The van der Waals surface area contributed by atoms with E-state index in [1.807, 2.05) is 37.3 Å². The highest BCUT2D eigenvalue weighted by Crippen LogP contribution is 2.38. The molecule has 2 amide bonds. The molecule has 1 atom stereocenters. The van der Waals surface area contributed by atoms with Crippen LogP contribution in [-0.4, -0.2) is 34.7 Å². The molecule has 4 rings (SSSR count). The first kappa shape index (κ1) is 23.5. The molecule has 1 aliphatic heterocycles. The van der Waals surface area contributed by atoms with Crippen LogP contribution in [-0.2, 0) is 0 Å². The van der Waals surface area contributed by atoms with E-state index in [2.05, 4.69) is 50.3 Å². The molecule has 7 heteroatoms. The summed E-state index contributed by atoms with van der Waals surface area (Å²) in [5.41, 5.74) is 5.82. The Morgan fingerprint density at radius 3 is 2.47 bits per heavy atom. The number of amides is 2. The quantitative estimate of drug-likeness (QED) is 0.474. The van der Waals surface area contributed by atoms with Gasteiger partial charge in [-0.3, -0.25) is 4.90 Å². The number of nitrogens with zero attached hydrogens (tertiary/aromatic N) is 3. The Hall–Kier alpha value is -3.61. The SMILES string of the molecule is COc1ccc(-c2noc(C3=C(C)N(CCC(C)C)C(=O)NC3c3ccc(C)c(C)c3)n2)cc1. The molecule has 0 bridgehead atoms. The lowest BCUT2D eigenvalue weighted by Gasteiger charge is -2.35. The number of carbonyl (C=O) groups excluding carboxylic acids is 1. The fraction of sp³-hybridized carbons (Fsp3) is 0.370. The Balaban J connectivity index is 1.78. The molecule has 178 valence electrons. The fourth-order valence-electron chi connectivity index (χ4n) is 4.10. The Labute approximate surface area is 200 Å². The van der Waals surface area contributed by atoms with E-state index in [1.54, 1.807) is 12.0 Å². The third-order valence-electron chi connectivity index (χ3n) is 6.40. The number of methoxy groups -OCH3 is 1. The first-order chi connectivity index (χ1) is 16.3. The topological polar surface area (TPSA) is 80.5 Å². The van der Waals surface area contributed by atoms with Crippen LogP contribution >= 0.6 is 0 Å². The van der Waals surface area contributed by atoms with Gasteiger partial charge in [-0.05, 0) is 74.1 Å². The van der Waals surface area contributed by atoms with Gasteiger partial charge in [-0.2, -0.15) is 4.98 Å². The molecule has 1 aliphatic rings. The number of aryl methyl sites for hydroxylation is 2. The molecule has 1 aromatic heterocycles. The average Bonchev–Trinajstić information content (AvgIpc) is 3.30. The van der Waals surface area contributed by atoms with Gasteiger partial charge in [0.2, 0.25) is 5.82 Å². The molecule has 0 aliphatic carbocycles.